The van der Waals surface area contributed by atoms with Crippen LogP contribution >= 0.6 is 11.3 Å². The van der Waals surface area contributed by atoms with Crippen molar-refractivity contribution in [2.24, 2.45) is 0 Å². The summed E-state index contributed by atoms with van der Waals surface area (Å²) in [4.78, 5) is 20.0. The first-order valence-corrected chi connectivity index (χ1v) is 10.1. The number of hydrogen-bond acceptors (Lipinski definition) is 6. The van der Waals surface area contributed by atoms with E-state index in [9.17, 15) is 22.0 Å². The summed E-state index contributed by atoms with van der Waals surface area (Å²) in [5.41, 5.74) is 1.84. The van der Waals surface area contributed by atoms with Gasteiger partial charge in [0, 0.05) is 28.9 Å². The van der Waals surface area contributed by atoms with Gasteiger partial charge in [-0.1, -0.05) is 0 Å². The minimum absolute atomic E-state index is 0.161. The SMILES string of the molecule is O=C(NCc1nc(-c2ccncc2)cs1)c1ccc(S(=O)(=O)C(F)F)cc1. The molecule has 3 aromatic rings. The number of nitrogens with one attached hydrogen (secondary N) is 1. The monoisotopic (exact) mass is 409 g/mol. The molecule has 0 saturated heterocycles. The van der Waals surface area contributed by atoms with E-state index in [1.807, 2.05) is 17.5 Å². The van der Waals surface area contributed by atoms with E-state index in [2.05, 4.69) is 15.3 Å². The lowest BCUT2D eigenvalue weighted by atomic mass is 10.2. The Bertz CT molecular complexity index is 1040. The van der Waals surface area contributed by atoms with Crippen LogP contribution in [0.2, 0.25) is 0 Å². The maximum Gasteiger partial charge on any atom is 0.341 e. The van der Waals surface area contributed by atoms with Crippen LogP contribution in [-0.2, 0) is 16.4 Å². The van der Waals surface area contributed by atoms with Crippen molar-refractivity contribution in [1.29, 1.82) is 0 Å². The summed E-state index contributed by atoms with van der Waals surface area (Å²) >= 11 is 1.38. The second-order valence-electron chi connectivity index (χ2n) is 5.38. The second kappa shape index (κ2) is 7.89. The molecule has 0 spiro atoms. The molecule has 0 bridgehead atoms. The summed E-state index contributed by atoms with van der Waals surface area (Å²) in [6.07, 6.45) is 3.32. The number of hydrogen-bond donors (Lipinski definition) is 1. The van der Waals surface area contributed by atoms with Crippen LogP contribution in [0.25, 0.3) is 11.3 Å². The van der Waals surface area contributed by atoms with Gasteiger partial charge in [0.15, 0.2) is 0 Å². The quantitative estimate of drug-likeness (QED) is 0.676. The van der Waals surface area contributed by atoms with E-state index in [-0.39, 0.29) is 12.1 Å². The molecule has 0 aliphatic heterocycles. The number of rotatable bonds is 6. The van der Waals surface area contributed by atoms with Crippen LogP contribution in [-0.4, -0.2) is 30.1 Å². The molecule has 3 rings (SSSR count). The molecule has 0 atom stereocenters. The van der Waals surface area contributed by atoms with E-state index in [4.69, 9.17) is 0 Å². The number of aromatic nitrogens is 2. The molecule has 0 aliphatic rings. The first-order chi connectivity index (χ1) is 12.9. The minimum atomic E-state index is -4.68. The van der Waals surface area contributed by atoms with Crippen molar-refractivity contribution in [3.05, 3.63) is 64.7 Å². The summed E-state index contributed by atoms with van der Waals surface area (Å²) in [5, 5.41) is 5.21. The van der Waals surface area contributed by atoms with Crippen molar-refractivity contribution in [1.82, 2.24) is 15.3 Å². The van der Waals surface area contributed by atoms with Crippen LogP contribution in [0.4, 0.5) is 8.78 Å². The highest BCUT2D eigenvalue weighted by molar-refractivity contribution is 7.91. The summed E-state index contributed by atoms with van der Waals surface area (Å²) in [7, 11) is -4.68. The first-order valence-electron chi connectivity index (χ1n) is 7.63. The fourth-order valence-electron chi connectivity index (χ4n) is 2.20. The van der Waals surface area contributed by atoms with Gasteiger partial charge >= 0.3 is 5.76 Å². The number of pyridine rings is 1. The Kier molecular flexibility index (Phi) is 5.57. The van der Waals surface area contributed by atoms with Crippen LogP contribution in [0.1, 0.15) is 15.4 Å². The number of amides is 1. The summed E-state index contributed by atoms with van der Waals surface area (Å²) in [6, 6.07) is 8.01. The van der Waals surface area contributed by atoms with E-state index in [0.29, 0.717) is 5.01 Å². The first kappa shape index (κ1) is 19.1. The standard InChI is InChI=1S/C17H13F2N3O3S2/c18-17(19)27(24,25)13-3-1-12(2-4-13)16(23)21-9-15-22-14(10-26-15)11-5-7-20-8-6-11/h1-8,10,17H,9H2,(H,21,23). The zero-order valence-corrected chi connectivity index (χ0v) is 15.3. The van der Waals surface area contributed by atoms with Gasteiger partial charge in [0.25, 0.3) is 5.91 Å². The average molecular weight is 409 g/mol. The Balaban J connectivity index is 1.64. The topological polar surface area (TPSA) is 89.0 Å². The molecule has 2 aromatic heterocycles. The van der Waals surface area contributed by atoms with Crippen LogP contribution in [0.5, 0.6) is 0 Å². The smallest absolute Gasteiger partial charge is 0.341 e. The van der Waals surface area contributed by atoms with Crippen LogP contribution in [0.15, 0.2) is 59.1 Å². The summed E-state index contributed by atoms with van der Waals surface area (Å²) in [5.74, 6) is -3.96. The van der Waals surface area contributed by atoms with E-state index in [0.717, 1.165) is 23.4 Å². The Hall–Kier alpha value is -2.72. The second-order valence-corrected chi connectivity index (χ2v) is 8.24. The van der Waals surface area contributed by atoms with E-state index in [1.165, 1.54) is 23.5 Å². The van der Waals surface area contributed by atoms with Gasteiger partial charge in [-0.25, -0.2) is 13.4 Å². The third kappa shape index (κ3) is 4.34. The molecule has 27 heavy (non-hydrogen) atoms. The van der Waals surface area contributed by atoms with Crippen LogP contribution < -0.4 is 5.32 Å². The maximum absolute atomic E-state index is 12.5. The zero-order chi connectivity index (χ0) is 19.4. The molecule has 0 radical (unpaired) electrons. The van der Waals surface area contributed by atoms with Crippen molar-refractivity contribution >= 4 is 27.1 Å². The van der Waals surface area contributed by atoms with Crippen molar-refractivity contribution in [3.63, 3.8) is 0 Å². The molecule has 1 amide bonds. The molecule has 140 valence electrons. The Labute approximate surface area is 157 Å². The predicted octanol–water partition coefficient (Wildman–Crippen LogP) is 3.13. The lowest BCUT2D eigenvalue weighted by Crippen LogP contribution is -2.22. The zero-order valence-electron chi connectivity index (χ0n) is 13.7. The number of alkyl halides is 2. The van der Waals surface area contributed by atoms with Crippen LogP contribution in [0, 0.1) is 0 Å². The third-order valence-corrected chi connectivity index (χ3v) is 5.85. The van der Waals surface area contributed by atoms with Gasteiger partial charge in [-0.15, -0.1) is 11.3 Å². The normalized spacial score (nSPS) is 11.5. The van der Waals surface area contributed by atoms with Crippen molar-refractivity contribution < 1.29 is 22.0 Å². The minimum Gasteiger partial charge on any atom is -0.346 e. The van der Waals surface area contributed by atoms with Gasteiger partial charge in [-0.05, 0) is 36.4 Å². The highest BCUT2D eigenvalue weighted by Gasteiger charge is 2.26. The fraction of sp³-hybridized carbons (Fsp3) is 0.118. The highest BCUT2D eigenvalue weighted by atomic mass is 32.2. The van der Waals surface area contributed by atoms with E-state index >= 15 is 0 Å². The predicted molar refractivity (Wildman–Crippen MR) is 96.1 cm³/mol. The molecule has 2 heterocycles. The fourth-order valence-corrected chi connectivity index (χ4v) is 3.67. The average Bonchev–Trinajstić information content (AvgIpc) is 3.16. The number of carbonyl (C=O) groups excluding carboxylic acids is 1. The molecule has 1 N–H and O–H groups in total. The lowest BCUT2D eigenvalue weighted by Gasteiger charge is -2.06. The molecule has 0 aliphatic carbocycles. The number of sulfone groups is 1. The lowest BCUT2D eigenvalue weighted by molar-refractivity contribution is 0.0951. The van der Waals surface area contributed by atoms with Crippen molar-refractivity contribution in [3.8, 4) is 11.3 Å². The Morgan fingerprint density at radius 1 is 1.11 bits per heavy atom. The Morgan fingerprint density at radius 2 is 1.78 bits per heavy atom. The number of thiazole rings is 1. The van der Waals surface area contributed by atoms with Gasteiger partial charge in [-0.3, -0.25) is 9.78 Å². The van der Waals surface area contributed by atoms with Crippen molar-refractivity contribution in [2.45, 2.75) is 17.2 Å². The molecule has 1 aromatic carbocycles. The largest absolute Gasteiger partial charge is 0.346 e. The summed E-state index contributed by atoms with van der Waals surface area (Å²) < 4.78 is 47.8. The van der Waals surface area contributed by atoms with Gasteiger partial charge in [-0.2, -0.15) is 8.78 Å². The van der Waals surface area contributed by atoms with Gasteiger partial charge in [0.05, 0.1) is 17.1 Å². The molecular formula is C17H13F2N3O3S2. The van der Waals surface area contributed by atoms with Gasteiger partial charge in [0.2, 0.25) is 9.84 Å². The van der Waals surface area contributed by atoms with Crippen LogP contribution in [0.3, 0.4) is 0 Å². The molecule has 0 saturated carbocycles. The van der Waals surface area contributed by atoms with E-state index in [1.54, 1.807) is 12.4 Å². The number of carbonyl (C=O) groups is 1. The van der Waals surface area contributed by atoms with Gasteiger partial charge < -0.3 is 5.32 Å². The summed E-state index contributed by atoms with van der Waals surface area (Å²) in [6.45, 7) is 0.186. The molecule has 10 heteroatoms. The van der Waals surface area contributed by atoms with Gasteiger partial charge in [0.1, 0.15) is 5.01 Å². The number of benzene rings is 1. The molecule has 6 nitrogen and oxygen atoms in total. The highest BCUT2D eigenvalue weighted by Crippen LogP contribution is 2.21. The molecule has 0 unspecified atom stereocenters. The Morgan fingerprint density at radius 3 is 2.41 bits per heavy atom. The number of nitrogens with zero attached hydrogens (tertiary/aromatic N) is 2. The maximum atomic E-state index is 12.5. The van der Waals surface area contributed by atoms with E-state index < -0.39 is 26.4 Å². The molecular weight excluding hydrogens is 396 g/mol. The van der Waals surface area contributed by atoms with Crippen molar-refractivity contribution in [2.75, 3.05) is 0 Å². The third-order valence-electron chi connectivity index (χ3n) is 3.61. The number of halogens is 2. The molecule has 0 fully saturated rings.